The molecule has 0 saturated carbocycles. The summed E-state index contributed by atoms with van der Waals surface area (Å²) >= 11 is 0. The first kappa shape index (κ1) is 14.0. The molecule has 3 rings (SSSR count). The topological polar surface area (TPSA) is 61.1 Å². The number of rotatable bonds is 3. The Morgan fingerprint density at radius 2 is 2.05 bits per heavy atom. The second-order valence-corrected chi connectivity index (χ2v) is 5.44. The van der Waals surface area contributed by atoms with Gasteiger partial charge in [0.15, 0.2) is 0 Å². The molecule has 0 unspecified atom stereocenters. The summed E-state index contributed by atoms with van der Waals surface area (Å²) in [4.78, 5) is 20.1. The molecule has 0 aliphatic carbocycles. The van der Waals surface area contributed by atoms with Crippen LogP contribution in [-0.4, -0.2) is 63.0 Å². The molecule has 1 saturated heterocycles. The maximum atomic E-state index is 11.4. The molecule has 1 amide bonds. The number of aryl methyl sites for hydroxylation is 1. The molecular weight excluding hydrogens is 268 g/mol. The Balaban J connectivity index is 1.64. The second kappa shape index (κ2) is 5.83. The van der Waals surface area contributed by atoms with Gasteiger partial charge >= 0.3 is 0 Å². The van der Waals surface area contributed by atoms with Crippen molar-refractivity contribution in [3.63, 3.8) is 0 Å². The number of fused-ring (bicyclic) bond motifs is 1. The lowest BCUT2D eigenvalue weighted by Crippen LogP contribution is -2.49. The predicted molar refractivity (Wildman–Crippen MR) is 78.9 cm³/mol. The second-order valence-electron chi connectivity index (χ2n) is 5.44. The molecule has 112 valence electrons. The fourth-order valence-corrected chi connectivity index (χ4v) is 2.76. The van der Waals surface area contributed by atoms with Crippen molar-refractivity contribution in [2.45, 2.75) is 13.5 Å². The van der Waals surface area contributed by atoms with Crippen molar-refractivity contribution in [2.24, 2.45) is 0 Å². The number of piperazine rings is 1. The van der Waals surface area contributed by atoms with Gasteiger partial charge < -0.3 is 14.4 Å². The van der Waals surface area contributed by atoms with Crippen LogP contribution in [0.25, 0.3) is 5.65 Å². The molecule has 1 aliphatic heterocycles. The quantitative estimate of drug-likeness (QED) is 0.881. The van der Waals surface area contributed by atoms with Gasteiger partial charge in [-0.15, -0.1) is 0 Å². The van der Waals surface area contributed by atoms with E-state index in [1.54, 1.807) is 4.90 Å². The van der Waals surface area contributed by atoms with Gasteiger partial charge in [-0.3, -0.25) is 9.69 Å². The van der Waals surface area contributed by atoms with E-state index in [1.165, 1.54) is 5.69 Å². The number of nitrogens with zero attached hydrogens (tertiary/aromatic N) is 4. The molecule has 6 nitrogen and oxygen atoms in total. The molecule has 0 spiro atoms. The van der Waals surface area contributed by atoms with Crippen molar-refractivity contribution in [1.82, 2.24) is 19.2 Å². The van der Waals surface area contributed by atoms with Gasteiger partial charge in [-0.1, -0.05) is 6.07 Å². The summed E-state index contributed by atoms with van der Waals surface area (Å²) < 4.78 is 2.10. The molecule has 21 heavy (non-hydrogen) atoms. The fourth-order valence-electron chi connectivity index (χ4n) is 2.76. The highest BCUT2D eigenvalue weighted by atomic mass is 16.3. The lowest BCUT2D eigenvalue weighted by molar-refractivity contribution is -0.136. The van der Waals surface area contributed by atoms with E-state index >= 15 is 0 Å². The molecule has 0 radical (unpaired) electrons. The van der Waals surface area contributed by atoms with Gasteiger partial charge in [0.1, 0.15) is 12.3 Å². The third-order valence-electron chi connectivity index (χ3n) is 3.99. The first-order chi connectivity index (χ1) is 10.2. The van der Waals surface area contributed by atoms with E-state index in [0.717, 1.165) is 31.0 Å². The largest absolute Gasteiger partial charge is 0.387 e. The molecule has 0 atom stereocenters. The van der Waals surface area contributed by atoms with Crippen LogP contribution in [0.15, 0.2) is 24.4 Å². The number of carbonyl (C=O) groups excluding carboxylic acids is 1. The zero-order valence-electron chi connectivity index (χ0n) is 12.2. The van der Waals surface area contributed by atoms with E-state index in [1.807, 2.05) is 12.1 Å². The minimum absolute atomic E-state index is 0.182. The van der Waals surface area contributed by atoms with Gasteiger partial charge in [0, 0.05) is 44.6 Å². The van der Waals surface area contributed by atoms with Crippen LogP contribution >= 0.6 is 0 Å². The standard InChI is InChI=1S/C15H20N4O2/c1-12-3-2-4-14-16-13(10-19(12)14)9-17-5-7-18(8-6-17)15(21)11-20/h2-4,10,20H,5-9,11H2,1H3. The zero-order chi connectivity index (χ0) is 14.8. The average molecular weight is 288 g/mol. The zero-order valence-corrected chi connectivity index (χ0v) is 12.2. The van der Waals surface area contributed by atoms with E-state index in [9.17, 15) is 4.79 Å². The molecule has 0 aromatic carbocycles. The number of aromatic nitrogens is 2. The minimum Gasteiger partial charge on any atom is -0.387 e. The number of imidazole rings is 1. The van der Waals surface area contributed by atoms with Crippen LogP contribution in [0, 0.1) is 6.92 Å². The maximum absolute atomic E-state index is 11.4. The first-order valence-corrected chi connectivity index (χ1v) is 7.22. The minimum atomic E-state index is -0.397. The molecule has 1 fully saturated rings. The van der Waals surface area contributed by atoms with Crippen molar-refractivity contribution in [3.8, 4) is 0 Å². The van der Waals surface area contributed by atoms with Crippen molar-refractivity contribution >= 4 is 11.6 Å². The third-order valence-corrected chi connectivity index (χ3v) is 3.99. The van der Waals surface area contributed by atoms with Crippen molar-refractivity contribution < 1.29 is 9.90 Å². The van der Waals surface area contributed by atoms with Gasteiger partial charge in [0.25, 0.3) is 0 Å². The maximum Gasteiger partial charge on any atom is 0.248 e. The number of aliphatic hydroxyl groups is 1. The highest BCUT2D eigenvalue weighted by Crippen LogP contribution is 2.12. The van der Waals surface area contributed by atoms with E-state index in [-0.39, 0.29) is 5.91 Å². The molecule has 1 N–H and O–H groups in total. The van der Waals surface area contributed by atoms with Crippen molar-refractivity contribution in [1.29, 1.82) is 0 Å². The molecule has 2 aromatic heterocycles. The summed E-state index contributed by atoms with van der Waals surface area (Å²) in [6.07, 6.45) is 2.08. The van der Waals surface area contributed by atoms with E-state index in [4.69, 9.17) is 5.11 Å². The monoisotopic (exact) mass is 288 g/mol. The summed E-state index contributed by atoms with van der Waals surface area (Å²) in [5, 5.41) is 8.88. The Bertz CT molecular complexity index is 644. The number of pyridine rings is 1. The molecule has 0 bridgehead atoms. The van der Waals surface area contributed by atoms with Crippen LogP contribution in [0.2, 0.25) is 0 Å². The third kappa shape index (κ3) is 2.91. The lowest BCUT2D eigenvalue weighted by Gasteiger charge is -2.34. The number of hydrogen-bond donors (Lipinski definition) is 1. The van der Waals surface area contributed by atoms with Crippen LogP contribution in [0.3, 0.4) is 0 Å². The summed E-state index contributed by atoms with van der Waals surface area (Å²) in [7, 11) is 0. The molecule has 6 heteroatoms. The molecule has 2 aromatic rings. The van der Waals surface area contributed by atoms with Crippen LogP contribution in [0.4, 0.5) is 0 Å². The summed E-state index contributed by atoms with van der Waals surface area (Å²) in [5.74, 6) is -0.182. The number of hydrogen-bond acceptors (Lipinski definition) is 4. The number of amides is 1. The molecular formula is C15H20N4O2. The lowest BCUT2D eigenvalue weighted by atomic mass is 10.3. The fraction of sp³-hybridized carbons (Fsp3) is 0.467. The number of carbonyl (C=O) groups is 1. The van der Waals surface area contributed by atoms with Gasteiger partial charge in [-0.2, -0.15) is 0 Å². The summed E-state index contributed by atoms with van der Waals surface area (Å²) in [5.41, 5.74) is 3.19. The van der Waals surface area contributed by atoms with Gasteiger partial charge in [-0.25, -0.2) is 4.98 Å². The van der Waals surface area contributed by atoms with Gasteiger partial charge in [0.2, 0.25) is 5.91 Å². The van der Waals surface area contributed by atoms with Crippen LogP contribution < -0.4 is 0 Å². The normalized spacial score (nSPS) is 16.6. The predicted octanol–water partition coefficient (Wildman–Crippen LogP) is 0.279. The van der Waals surface area contributed by atoms with E-state index < -0.39 is 6.61 Å². The van der Waals surface area contributed by atoms with Gasteiger partial charge in [-0.05, 0) is 19.1 Å². The van der Waals surface area contributed by atoms with Crippen molar-refractivity contribution in [3.05, 3.63) is 35.8 Å². The Kier molecular flexibility index (Phi) is 3.90. The summed E-state index contributed by atoms with van der Waals surface area (Å²) in [6, 6.07) is 6.09. The first-order valence-electron chi connectivity index (χ1n) is 7.22. The van der Waals surface area contributed by atoms with Crippen LogP contribution in [-0.2, 0) is 11.3 Å². The van der Waals surface area contributed by atoms with Crippen LogP contribution in [0.1, 0.15) is 11.4 Å². The summed E-state index contributed by atoms with van der Waals surface area (Å²) in [6.45, 7) is 5.44. The average Bonchev–Trinajstić information content (AvgIpc) is 2.91. The Morgan fingerprint density at radius 1 is 1.29 bits per heavy atom. The number of aliphatic hydroxyl groups excluding tert-OH is 1. The van der Waals surface area contributed by atoms with Crippen LogP contribution in [0.5, 0.6) is 0 Å². The smallest absolute Gasteiger partial charge is 0.248 e. The Morgan fingerprint density at radius 3 is 2.71 bits per heavy atom. The van der Waals surface area contributed by atoms with E-state index in [2.05, 4.69) is 33.5 Å². The highest BCUT2D eigenvalue weighted by Gasteiger charge is 2.20. The Hall–Kier alpha value is -1.92. The molecule has 3 heterocycles. The van der Waals surface area contributed by atoms with Crippen molar-refractivity contribution in [2.75, 3.05) is 32.8 Å². The SMILES string of the molecule is Cc1cccc2nc(CN3CCN(C(=O)CO)CC3)cn12. The Labute approximate surface area is 123 Å². The highest BCUT2D eigenvalue weighted by molar-refractivity contribution is 5.77. The van der Waals surface area contributed by atoms with Gasteiger partial charge in [0.05, 0.1) is 5.69 Å². The van der Waals surface area contributed by atoms with E-state index in [0.29, 0.717) is 13.1 Å². The molecule has 1 aliphatic rings.